The highest BCUT2D eigenvalue weighted by Gasteiger charge is 2.10. The van der Waals surface area contributed by atoms with Crippen molar-refractivity contribution in [3.05, 3.63) is 47.2 Å². The van der Waals surface area contributed by atoms with E-state index in [2.05, 4.69) is 4.98 Å². The molecule has 0 bridgehead atoms. The van der Waals surface area contributed by atoms with Crippen LogP contribution >= 0.6 is 11.8 Å². The van der Waals surface area contributed by atoms with E-state index in [0.29, 0.717) is 18.3 Å². The van der Waals surface area contributed by atoms with Gasteiger partial charge in [-0.2, -0.15) is 0 Å². The largest absolute Gasteiger partial charge is 0.487 e. The number of benzene rings is 1. The van der Waals surface area contributed by atoms with Gasteiger partial charge in [0.2, 0.25) is 0 Å². The molecule has 0 atom stereocenters. The van der Waals surface area contributed by atoms with Gasteiger partial charge in [0.1, 0.15) is 23.8 Å². The summed E-state index contributed by atoms with van der Waals surface area (Å²) < 4.78 is 11.3. The normalized spacial score (nSPS) is 9.60. The summed E-state index contributed by atoms with van der Waals surface area (Å²) in [7, 11) is 0. The molecule has 1 aromatic heterocycles. The lowest BCUT2D eigenvalue weighted by Gasteiger charge is -2.07. The maximum Gasteiger partial charge on any atom is 0.313 e. The van der Waals surface area contributed by atoms with Gasteiger partial charge in [0.15, 0.2) is 5.89 Å². The van der Waals surface area contributed by atoms with E-state index >= 15 is 0 Å². The summed E-state index contributed by atoms with van der Waals surface area (Å²) in [6.45, 7) is 8.21. The highest BCUT2D eigenvalue weighted by molar-refractivity contribution is 7.99. The number of aromatic nitrogens is 1. The summed E-state index contributed by atoms with van der Waals surface area (Å²) in [4.78, 5) is 14.8. The van der Waals surface area contributed by atoms with Gasteiger partial charge in [-0.1, -0.05) is 40.3 Å². The fourth-order valence-electron chi connectivity index (χ4n) is 2.03. The molecule has 0 unspecified atom stereocenters. The standard InChI is InChI=1S/C16H19NO4S.C2H6.CH4/c1-3-15-14(17-11(2)21-15)8-20-13-6-4-5-12(7-13)9-22-10-16(18)19;1-2;/h4-7H,3,8-10H2,1-2H3,(H,18,19);1-2H3;1H4. The zero-order valence-electron chi connectivity index (χ0n) is 14.7. The van der Waals surface area contributed by atoms with Crippen LogP contribution in [0.4, 0.5) is 0 Å². The monoisotopic (exact) mass is 367 g/mol. The van der Waals surface area contributed by atoms with Crippen LogP contribution in [0, 0.1) is 6.92 Å². The molecule has 0 fully saturated rings. The Bertz CT molecular complexity index is 640. The van der Waals surface area contributed by atoms with E-state index in [9.17, 15) is 4.79 Å². The van der Waals surface area contributed by atoms with Gasteiger partial charge in [-0.25, -0.2) is 4.98 Å². The summed E-state index contributed by atoms with van der Waals surface area (Å²) >= 11 is 1.36. The Morgan fingerprint density at radius 3 is 2.72 bits per heavy atom. The van der Waals surface area contributed by atoms with Crippen LogP contribution in [0.3, 0.4) is 0 Å². The number of aliphatic carboxylic acids is 1. The third-order valence-electron chi connectivity index (χ3n) is 2.97. The van der Waals surface area contributed by atoms with Crippen LogP contribution in [-0.2, 0) is 23.6 Å². The maximum absolute atomic E-state index is 10.5. The molecule has 6 heteroatoms. The average Bonchev–Trinajstić information content (AvgIpc) is 2.95. The molecule has 1 N–H and O–H groups in total. The molecule has 1 heterocycles. The van der Waals surface area contributed by atoms with Gasteiger partial charge in [-0.05, 0) is 17.7 Å². The smallest absolute Gasteiger partial charge is 0.313 e. The van der Waals surface area contributed by atoms with Crippen LogP contribution in [0.2, 0.25) is 0 Å². The maximum atomic E-state index is 10.5. The highest BCUT2D eigenvalue weighted by Crippen LogP contribution is 2.20. The minimum atomic E-state index is -0.800. The fourth-order valence-corrected chi connectivity index (χ4v) is 2.73. The number of ether oxygens (including phenoxy) is 1. The molecular weight excluding hydrogens is 338 g/mol. The van der Waals surface area contributed by atoms with Crippen LogP contribution in [0.15, 0.2) is 28.7 Å². The number of hydrogen-bond acceptors (Lipinski definition) is 5. The minimum Gasteiger partial charge on any atom is -0.487 e. The van der Waals surface area contributed by atoms with E-state index in [0.717, 1.165) is 29.2 Å². The summed E-state index contributed by atoms with van der Waals surface area (Å²) in [5.74, 6) is 2.19. The van der Waals surface area contributed by atoms with Crippen LogP contribution in [-0.4, -0.2) is 21.8 Å². The van der Waals surface area contributed by atoms with Gasteiger partial charge in [-0.3, -0.25) is 4.79 Å². The van der Waals surface area contributed by atoms with Gasteiger partial charge in [0, 0.05) is 19.1 Å². The number of carboxylic acids is 1. The predicted octanol–water partition coefficient (Wildman–Crippen LogP) is 5.10. The van der Waals surface area contributed by atoms with Crippen LogP contribution < -0.4 is 4.74 Å². The molecule has 0 aliphatic rings. The second-order valence-corrected chi connectivity index (χ2v) is 5.76. The summed E-state index contributed by atoms with van der Waals surface area (Å²) in [6, 6.07) is 7.66. The zero-order valence-corrected chi connectivity index (χ0v) is 15.5. The molecule has 0 saturated carbocycles. The van der Waals surface area contributed by atoms with Crippen molar-refractivity contribution in [3.63, 3.8) is 0 Å². The first-order valence-corrected chi connectivity index (χ1v) is 9.20. The van der Waals surface area contributed by atoms with Crippen molar-refractivity contribution in [2.75, 3.05) is 5.75 Å². The topological polar surface area (TPSA) is 72.6 Å². The number of oxazole rings is 1. The molecular formula is C19H29NO4S. The Morgan fingerprint density at radius 1 is 1.36 bits per heavy atom. The molecule has 1 aromatic carbocycles. The van der Waals surface area contributed by atoms with E-state index < -0.39 is 5.97 Å². The molecule has 25 heavy (non-hydrogen) atoms. The first-order chi connectivity index (χ1) is 11.6. The SMILES string of the molecule is C.CC.CCc1oc(C)nc1COc1cccc(CSCC(=O)O)c1. The minimum absolute atomic E-state index is 0. The van der Waals surface area contributed by atoms with Crippen molar-refractivity contribution in [2.24, 2.45) is 0 Å². The molecule has 140 valence electrons. The van der Waals surface area contributed by atoms with E-state index in [1.54, 1.807) is 0 Å². The number of thioether (sulfide) groups is 1. The van der Waals surface area contributed by atoms with Crippen molar-refractivity contribution in [3.8, 4) is 5.75 Å². The third-order valence-corrected chi connectivity index (χ3v) is 3.96. The Hall–Kier alpha value is -1.95. The van der Waals surface area contributed by atoms with Crippen molar-refractivity contribution in [2.45, 2.75) is 53.9 Å². The highest BCUT2D eigenvalue weighted by atomic mass is 32.2. The molecule has 0 radical (unpaired) electrons. The summed E-state index contributed by atoms with van der Waals surface area (Å²) in [6.07, 6.45) is 0.783. The van der Waals surface area contributed by atoms with Crippen LogP contribution in [0.1, 0.15) is 51.1 Å². The Kier molecular flexibility index (Phi) is 11.4. The predicted molar refractivity (Wildman–Crippen MR) is 103 cm³/mol. The lowest BCUT2D eigenvalue weighted by atomic mass is 10.2. The van der Waals surface area contributed by atoms with Gasteiger partial charge in [0.25, 0.3) is 0 Å². The second kappa shape index (κ2) is 12.4. The van der Waals surface area contributed by atoms with Crippen LogP contribution in [0.5, 0.6) is 5.75 Å². The van der Waals surface area contributed by atoms with E-state index in [4.69, 9.17) is 14.3 Å². The molecule has 0 spiro atoms. The number of carbonyl (C=O) groups is 1. The first-order valence-electron chi connectivity index (χ1n) is 8.05. The van der Waals surface area contributed by atoms with Crippen LogP contribution in [0.25, 0.3) is 0 Å². The zero-order chi connectivity index (χ0) is 17.9. The lowest BCUT2D eigenvalue weighted by molar-refractivity contribution is -0.133. The third kappa shape index (κ3) is 8.12. The number of hydrogen-bond donors (Lipinski definition) is 1. The molecule has 0 saturated heterocycles. The van der Waals surface area contributed by atoms with Gasteiger partial charge < -0.3 is 14.3 Å². The summed E-state index contributed by atoms with van der Waals surface area (Å²) in [5.41, 5.74) is 1.86. The quantitative estimate of drug-likeness (QED) is 0.699. The number of carboxylic acid groups (broad SMARTS) is 1. The van der Waals surface area contributed by atoms with Crippen molar-refractivity contribution < 1.29 is 19.1 Å². The Morgan fingerprint density at radius 2 is 2.08 bits per heavy atom. The lowest BCUT2D eigenvalue weighted by Crippen LogP contribution is -2.00. The van der Waals surface area contributed by atoms with Crippen molar-refractivity contribution >= 4 is 17.7 Å². The summed E-state index contributed by atoms with van der Waals surface area (Å²) in [5, 5.41) is 8.65. The van der Waals surface area contributed by atoms with Gasteiger partial charge in [-0.15, -0.1) is 11.8 Å². The first kappa shape index (κ1) is 23.1. The molecule has 0 amide bonds. The second-order valence-electron chi connectivity index (χ2n) is 4.78. The Labute approximate surface area is 154 Å². The fraction of sp³-hybridized carbons (Fsp3) is 0.474. The van der Waals surface area contributed by atoms with Gasteiger partial charge >= 0.3 is 5.97 Å². The Balaban J connectivity index is 0.00000185. The van der Waals surface area contributed by atoms with E-state index in [1.165, 1.54) is 11.8 Å². The molecule has 2 aromatic rings. The molecule has 0 aliphatic heterocycles. The van der Waals surface area contributed by atoms with E-state index in [-0.39, 0.29) is 13.2 Å². The molecule has 2 rings (SSSR count). The van der Waals surface area contributed by atoms with Gasteiger partial charge in [0.05, 0.1) is 5.75 Å². The number of aryl methyl sites for hydroxylation is 2. The van der Waals surface area contributed by atoms with Crippen molar-refractivity contribution in [1.29, 1.82) is 0 Å². The molecule has 5 nitrogen and oxygen atoms in total. The van der Waals surface area contributed by atoms with E-state index in [1.807, 2.05) is 52.0 Å². The number of rotatable bonds is 8. The average molecular weight is 368 g/mol. The number of nitrogens with zero attached hydrogens (tertiary/aromatic N) is 1. The molecule has 0 aliphatic carbocycles. The van der Waals surface area contributed by atoms with Crippen molar-refractivity contribution in [1.82, 2.24) is 4.98 Å².